The SMILES string of the molecule is Cc1c(S(=O)(=O)Cl)[c-]c(F)c(F)c1F.Cc1c(S(=O)(=O)NCCn2nc(-c3ccc(Oc4ccccc4)cc3)c3c(N)ncnc32)[c-]c(F)c(F)c1F.NCCn1nc(-c2ccc(Oc3ccccc3)cc2)c2c(N)ncnc21.[Y].[Y]. The van der Waals surface area contributed by atoms with E-state index in [4.69, 9.17) is 37.4 Å². The molecule has 10 rings (SSSR count). The molecule has 18 nitrogen and oxygen atoms in total. The molecule has 0 saturated carbocycles. The molecule has 7 N–H and O–H groups in total. The third-order valence-corrected chi connectivity index (χ3v) is 14.2. The van der Waals surface area contributed by atoms with Crippen molar-refractivity contribution in [1.29, 1.82) is 0 Å². The average Bonchev–Trinajstić information content (AvgIpc) is 4.21. The number of rotatable bonds is 14. The van der Waals surface area contributed by atoms with Crippen LogP contribution in [-0.4, -0.2) is 69.4 Å². The minimum Gasteiger partial charge on any atom is -0.457 e. The summed E-state index contributed by atoms with van der Waals surface area (Å²) in [6, 6.07) is 37.0. The van der Waals surface area contributed by atoms with Crippen LogP contribution >= 0.6 is 10.7 Å². The monoisotopic (exact) mass is 1320 g/mol. The van der Waals surface area contributed by atoms with Crippen LogP contribution in [0.25, 0.3) is 44.6 Å². The molecule has 414 valence electrons. The Morgan fingerprint density at radius 2 is 0.938 bits per heavy atom. The predicted molar refractivity (Wildman–Crippen MR) is 280 cm³/mol. The fourth-order valence-corrected chi connectivity index (χ4v) is 9.95. The van der Waals surface area contributed by atoms with Crippen molar-refractivity contribution in [2.24, 2.45) is 5.73 Å². The van der Waals surface area contributed by atoms with Crippen molar-refractivity contribution in [3.05, 3.63) is 180 Å². The van der Waals surface area contributed by atoms with E-state index >= 15 is 0 Å². The number of hydrogen-bond acceptors (Lipinski definition) is 15. The van der Waals surface area contributed by atoms with Gasteiger partial charge in [0.1, 0.15) is 58.7 Å². The molecule has 10 aromatic rings. The Hall–Kier alpha value is -6.48. The summed E-state index contributed by atoms with van der Waals surface area (Å²) >= 11 is 0. The zero-order valence-corrected chi connectivity index (χ0v) is 50.3. The van der Waals surface area contributed by atoms with E-state index in [-0.39, 0.29) is 84.3 Å². The van der Waals surface area contributed by atoms with Gasteiger partial charge in [-0.25, -0.2) is 68.4 Å². The molecule has 0 aliphatic carbocycles. The minimum absolute atomic E-state index is 0. The van der Waals surface area contributed by atoms with Crippen molar-refractivity contribution in [2.45, 2.75) is 36.7 Å². The van der Waals surface area contributed by atoms with Gasteiger partial charge in [0.05, 0.1) is 47.1 Å². The first kappa shape index (κ1) is 63.7. The number of benzene rings is 6. The second-order valence-electron chi connectivity index (χ2n) is 16.6. The summed E-state index contributed by atoms with van der Waals surface area (Å²) in [6.45, 7) is 2.74. The molecule has 4 aromatic heterocycles. The molecule has 29 heteroatoms. The largest absolute Gasteiger partial charge is 0.457 e. The summed E-state index contributed by atoms with van der Waals surface area (Å²) in [4.78, 5) is 15.0. The maximum Gasteiger partial charge on any atom is 0.238 e. The van der Waals surface area contributed by atoms with Crippen molar-refractivity contribution >= 4 is 63.5 Å². The molecule has 6 aromatic carbocycles. The standard InChI is InChI=1S/C26H20F3N6O3S.C19H18N6O.C7H3ClF3O2S.2Y/c1-15-20(13-19(27)23(29)22(15)28)39(36,37)33-11-12-35-26-21(25(30)31-14-32-26)24(34-35)16-7-9-18(10-8-16)38-17-5-3-2-4-6-17;20-10-11-25-19-16(18(21)22-12-23-19)17(24-25)13-6-8-15(9-7-13)26-14-4-2-1-3-5-14;1-3-5(14(8,12)13)2-4(9)7(11)6(3)10;;/h2-10,14,33H,11-12H2,1H3,(H2,30,31,32);1-9,12H,10-11,20H2,(H2,21,22,23);1H3;;/q-1;;-1;;. The summed E-state index contributed by atoms with van der Waals surface area (Å²) in [5.74, 6) is -6.79. The van der Waals surface area contributed by atoms with Crippen LogP contribution in [0.5, 0.6) is 23.0 Å². The number of para-hydroxylation sites is 2. The Balaban J connectivity index is 0.000000216. The fraction of sp³-hybridized carbons (Fsp3) is 0.115. The molecule has 0 fully saturated rings. The third-order valence-electron chi connectivity index (χ3n) is 11.4. The molecule has 4 heterocycles. The van der Waals surface area contributed by atoms with Crippen LogP contribution in [-0.2, 0) is 97.6 Å². The van der Waals surface area contributed by atoms with Crippen LogP contribution in [0.1, 0.15) is 11.1 Å². The molecule has 0 bridgehead atoms. The van der Waals surface area contributed by atoms with Gasteiger partial charge in [0, 0.05) is 112 Å². The smallest absolute Gasteiger partial charge is 0.238 e. The summed E-state index contributed by atoms with van der Waals surface area (Å²) in [5.41, 5.74) is 20.5. The van der Waals surface area contributed by atoms with Gasteiger partial charge in [-0.2, -0.15) is 10.2 Å². The number of aromatic nitrogens is 8. The Bertz CT molecular complexity index is 4090. The van der Waals surface area contributed by atoms with Crippen molar-refractivity contribution in [3.8, 4) is 45.5 Å². The summed E-state index contributed by atoms with van der Waals surface area (Å²) in [7, 11) is -3.90. The van der Waals surface area contributed by atoms with Crippen molar-refractivity contribution in [3.63, 3.8) is 0 Å². The average molecular weight is 1320 g/mol. The second kappa shape index (κ2) is 27.5. The quantitative estimate of drug-likeness (QED) is 0.0342. The Morgan fingerprint density at radius 1 is 0.556 bits per heavy atom. The van der Waals surface area contributed by atoms with Gasteiger partial charge in [0.15, 0.2) is 11.3 Å². The van der Waals surface area contributed by atoms with Crippen LogP contribution in [0.3, 0.4) is 0 Å². The summed E-state index contributed by atoms with van der Waals surface area (Å²) < 4.78 is 143. The van der Waals surface area contributed by atoms with E-state index in [0.717, 1.165) is 42.0 Å². The third kappa shape index (κ3) is 14.8. The van der Waals surface area contributed by atoms with Gasteiger partial charge in [-0.3, -0.25) is 8.78 Å². The number of anilines is 2. The van der Waals surface area contributed by atoms with E-state index in [2.05, 4.69) is 34.9 Å². The molecular weight excluding hydrogens is 1280 g/mol. The number of sulfonamides is 1. The Labute approximate surface area is 513 Å². The van der Waals surface area contributed by atoms with Gasteiger partial charge < -0.3 is 26.7 Å². The van der Waals surface area contributed by atoms with Gasteiger partial charge in [-0.15, -0.1) is 23.3 Å². The fourth-order valence-electron chi connectivity index (χ4n) is 7.60. The molecule has 0 aliphatic heterocycles. The molecule has 0 saturated heterocycles. The summed E-state index contributed by atoms with van der Waals surface area (Å²) in [5, 5.41) is 10.4. The van der Waals surface area contributed by atoms with Crippen LogP contribution in [0, 0.1) is 60.9 Å². The minimum atomic E-state index is -4.42. The zero-order valence-electron chi connectivity index (χ0n) is 42.3. The maximum absolute atomic E-state index is 13.9. The predicted octanol–water partition coefficient (Wildman–Crippen LogP) is 9.33. The number of nitrogens with one attached hydrogen (secondary N) is 1. The van der Waals surface area contributed by atoms with E-state index in [1.165, 1.54) is 23.4 Å². The molecule has 0 aliphatic rings. The van der Waals surface area contributed by atoms with Crippen molar-refractivity contribution in [1.82, 2.24) is 44.2 Å². The normalized spacial score (nSPS) is 11.2. The molecule has 81 heavy (non-hydrogen) atoms. The van der Waals surface area contributed by atoms with E-state index in [9.17, 15) is 43.2 Å². The van der Waals surface area contributed by atoms with Gasteiger partial charge in [0.25, 0.3) is 0 Å². The van der Waals surface area contributed by atoms with Crippen LogP contribution in [0.15, 0.2) is 132 Å². The van der Waals surface area contributed by atoms with Gasteiger partial charge >= 0.3 is 0 Å². The maximum atomic E-state index is 13.9. The molecule has 2 radical (unpaired) electrons. The molecule has 0 unspecified atom stereocenters. The topological polar surface area (TPSA) is 264 Å². The molecular formula is C52H41ClF6N12O6S2Y2-2. The van der Waals surface area contributed by atoms with E-state index in [1.54, 1.807) is 35.0 Å². The number of nitrogens with zero attached hydrogens (tertiary/aromatic N) is 8. The van der Waals surface area contributed by atoms with Gasteiger partial charge in [0.2, 0.25) is 19.1 Å². The van der Waals surface area contributed by atoms with E-state index in [1.807, 2.05) is 84.9 Å². The van der Waals surface area contributed by atoms with Crippen molar-refractivity contribution in [2.75, 3.05) is 24.6 Å². The van der Waals surface area contributed by atoms with Crippen molar-refractivity contribution < 1.29 is 118 Å². The molecule has 0 amide bonds. The molecule has 0 spiro atoms. The zero-order chi connectivity index (χ0) is 56.8. The van der Waals surface area contributed by atoms with E-state index in [0.29, 0.717) is 58.3 Å². The first-order valence-corrected chi connectivity index (χ1v) is 26.8. The Morgan fingerprint density at radius 3 is 1.35 bits per heavy atom. The number of nitrogen functional groups attached to an aromatic ring is 2. The number of nitrogens with two attached hydrogens (primary N) is 3. The Kier molecular flexibility index (Phi) is 21.6. The van der Waals surface area contributed by atoms with Crippen LogP contribution < -0.4 is 31.4 Å². The van der Waals surface area contributed by atoms with Gasteiger partial charge in [-0.05, 0) is 82.6 Å². The number of hydrogen-bond donors (Lipinski definition) is 4. The second-order valence-corrected chi connectivity index (χ2v) is 20.8. The number of fused-ring (bicyclic) bond motifs is 2. The summed E-state index contributed by atoms with van der Waals surface area (Å²) in [6.07, 6.45) is 2.69. The van der Waals surface area contributed by atoms with Crippen LogP contribution in [0.4, 0.5) is 38.0 Å². The number of ether oxygens (including phenoxy) is 2. The number of halogens is 7. The van der Waals surface area contributed by atoms with E-state index < -0.39 is 74.9 Å². The first-order valence-electron chi connectivity index (χ1n) is 23.0. The van der Waals surface area contributed by atoms with Crippen LogP contribution in [0.2, 0.25) is 0 Å². The molecule has 0 atom stereocenters. The first-order chi connectivity index (χ1) is 37.7. The van der Waals surface area contributed by atoms with Gasteiger partial charge in [-0.1, -0.05) is 50.2 Å².